The van der Waals surface area contributed by atoms with E-state index in [1.807, 2.05) is 14.1 Å². The monoisotopic (exact) mass is 360 g/mol. The zero-order valence-electron chi connectivity index (χ0n) is 15.6. The molecule has 0 fully saturated rings. The topological polar surface area (TPSA) is 32.3 Å². The number of nitrogens with one attached hydrogen (secondary N) is 1. The summed E-state index contributed by atoms with van der Waals surface area (Å²) in [5.74, 6) is -1.86. The fourth-order valence-corrected chi connectivity index (χ4v) is 2.83. The summed E-state index contributed by atoms with van der Waals surface area (Å²) in [7, 11) is 3.96. The number of rotatable bonds is 8. The van der Waals surface area contributed by atoms with E-state index >= 15 is 0 Å². The molecule has 3 nitrogen and oxygen atoms in total. The molecule has 0 saturated carbocycles. The van der Waals surface area contributed by atoms with Crippen LogP contribution in [0.15, 0.2) is 42.5 Å². The van der Waals surface area contributed by atoms with Crippen molar-refractivity contribution in [2.24, 2.45) is 0 Å². The third-order valence-corrected chi connectivity index (χ3v) is 4.51. The number of hydrogen-bond donors (Lipinski definition) is 1. The molecule has 0 aliphatic heterocycles. The summed E-state index contributed by atoms with van der Waals surface area (Å²) in [5, 5.41) is 2.94. The maximum Gasteiger partial charge on any atom is 0.220 e. The second kappa shape index (κ2) is 9.43. The quantitative estimate of drug-likeness (QED) is 0.775. The van der Waals surface area contributed by atoms with Gasteiger partial charge >= 0.3 is 0 Å². The zero-order chi connectivity index (χ0) is 19.1. The van der Waals surface area contributed by atoms with Gasteiger partial charge in [0.1, 0.15) is 0 Å². The van der Waals surface area contributed by atoms with E-state index in [1.54, 1.807) is 0 Å². The number of benzene rings is 2. The zero-order valence-corrected chi connectivity index (χ0v) is 15.6. The molecule has 5 heteroatoms. The molecule has 1 atom stereocenters. The third kappa shape index (κ3) is 5.63. The molecule has 0 radical (unpaired) electrons. The molecule has 0 aliphatic carbocycles. The second-order valence-corrected chi connectivity index (χ2v) is 6.63. The van der Waals surface area contributed by atoms with Crippen LogP contribution >= 0.6 is 0 Å². The van der Waals surface area contributed by atoms with Crippen molar-refractivity contribution in [3.8, 4) is 0 Å². The van der Waals surface area contributed by atoms with Crippen LogP contribution in [0.5, 0.6) is 0 Å². The summed E-state index contributed by atoms with van der Waals surface area (Å²) < 4.78 is 26.1. The van der Waals surface area contributed by atoms with Gasteiger partial charge in [-0.25, -0.2) is 8.78 Å². The van der Waals surface area contributed by atoms with Crippen LogP contribution in [-0.4, -0.2) is 31.4 Å². The Morgan fingerprint density at radius 3 is 2.27 bits per heavy atom. The first kappa shape index (κ1) is 20.0. The first-order chi connectivity index (χ1) is 12.4. The van der Waals surface area contributed by atoms with Crippen molar-refractivity contribution < 1.29 is 13.6 Å². The largest absolute Gasteiger partial charge is 0.354 e. The number of amides is 1. The standard InChI is InChI=1S/C21H26F2N2O/c1-4-15-5-9-17(10-6-15)20(25(2)3)14-24-21(26)12-8-16-7-11-18(22)19(23)13-16/h5-7,9-11,13,20H,4,8,12,14H2,1-3H3,(H,24,26). The third-order valence-electron chi connectivity index (χ3n) is 4.51. The summed E-state index contributed by atoms with van der Waals surface area (Å²) in [4.78, 5) is 14.2. The molecule has 26 heavy (non-hydrogen) atoms. The van der Waals surface area contributed by atoms with Crippen LogP contribution in [0.2, 0.25) is 0 Å². The van der Waals surface area contributed by atoms with Gasteiger partial charge in [0, 0.05) is 13.0 Å². The predicted molar refractivity (Wildman–Crippen MR) is 99.9 cm³/mol. The summed E-state index contributed by atoms with van der Waals surface area (Å²) in [6.07, 6.45) is 1.61. The van der Waals surface area contributed by atoms with Crippen molar-refractivity contribution in [1.82, 2.24) is 10.2 Å². The van der Waals surface area contributed by atoms with E-state index in [2.05, 4.69) is 41.4 Å². The smallest absolute Gasteiger partial charge is 0.220 e. The normalized spacial score (nSPS) is 12.2. The van der Waals surface area contributed by atoms with E-state index in [4.69, 9.17) is 0 Å². The summed E-state index contributed by atoms with van der Waals surface area (Å²) >= 11 is 0. The minimum absolute atomic E-state index is 0.0770. The van der Waals surface area contributed by atoms with Crippen LogP contribution in [0, 0.1) is 11.6 Å². The Balaban J connectivity index is 1.89. The molecule has 0 saturated heterocycles. The van der Waals surface area contributed by atoms with Gasteiger partial charge in [-0.05, 0) is 55.8 Å². The van der Waals surface area contributed by atoms with Crippen LogP contribution in [0.4, 0.5) is 8.78 Å². The van der Waals surface area contributed by atoms with E-state index < -0.39 is 11.6 Å². The van der Waals surface area contributed by atoms with Crippen LogP contribution < -0.4 is 5.32 Å². The van der Waals surface area contributed by atoms with E-state index in [9.17, 15) is 13.6 Å². The van der Waals surface area contributed by atoms with Crippen molar-refractivity contribution in [2.45, 2.75) is 32.2 Å². The molecule has 0 aromatic heterocycles. The number of hydrogen-bond acceptors (Lipinski definition) is 2. The average Bonchev–Trinajstić information content (AvgIpc) is 2.63. The molecule has 2 aromatic carbocycles. The molecule has 0 heterocycles. The van der Waals surface area contributed by atoms with Crippen LogP contribution in [0.3, 0.4) is 0 Å². The highest BCUT2D eigenvalue weighted by molar-refractivity contribution is 5.76. The fraction of sp³-hybridized carbons (Fsp3) is 0.381. The Morgan fingerprint density at radius 2 is 1.69 bits per heavy atom. The van der Waals surface area contributed by atoms with Gasteiger partial charge in [-0.2, -0.15) is 0 Å². The van der Waals surface area contributed by atoms with E-state index in [-0.39, 0.29) is 18.4 Å². The molecule has 140 valence electrons. The lowest BCUT2D eigenvalue weighted by atomic mass is 10.0. The number of aryl methyl sites for hydroxylation is 2. The Labute approximate surface area is 154 Å². The van der Waals surface area contributed by atoms with E-state index in [0.717, 1.165) is 24.1 Å². The highest BCUT2D eigenvalue weighted by atomic mass is 19.2. The van der Waals surface area contributed by atoms with Gasteiger partial charge in [0.25, 0.3) is 0 Å². The van der Waals surface area contributed by atoms with Gasteiger partial charge in [-0.15, -0.1) is 0 Å². The first-order valence-corrected chi connectivity index (χ1v) is 8.86. The van der Waals surface area contributed by atoms with E-state index in [1.165, 1.54) is 11.6 Å². The lowest BCUT2D eigenvalue weighted by molar-refractivity contribution is -0.121. The van der Waals surface area contributed by atoms with Crippen LogP contribution in [-0.2, 0) is 17.6 Å². The molecule has 2 aromatic rings. The van der Waals surface area contributed by atoms with Gasteiger partial charge in [0.2, 0.25) is 5.91 Å². The number of nitrogens with zero attached hydrogens (tertiary/aromatic N) is 1. The SMILES string of the molecule is CCc1ccc(C(CNC(=O)CCc2ccc(F)c(F)c2)N(C)C)cc1. The Hall–Kier alpha value is -2.27. The number of carbonyl (C=O) groups is 1. The van der Waals surface area contributed by atoms with Crippen molar-refractivity contribution in [3.05, 3.63) is 70.8 Å². The Morgan fingerprint density at radius 1 is 1.04 bits per heavy atom. The Bertz CT molecular complexity index is 729. The molecule has 0 spiro atoms. The maximum atomic E-state index is 13.2. The van der Waals surface area contributed by atoms with Crippen molar-refractivity contribution in [1.29, 1.82) is 0 Å². The van der Waals surface area contributed by atoms with Gasteiger partial charge < -0.3 is 10.2 Å². The highest BCUT2D eigenvalue weighted by Crippen LogP contribution is 2.18. The molecule has 0 bridgehead atoms. The highest BCUT2D eigenvalue weighted by Gasteiger charge is 2.15. The second-order valence-electron chi connectivity index (χ2n) is 6.63. The minimum Gasteiger partial charge on any atom is -0.354 e. The number of likely N-dealkylation sites (N-methyl/N-ethyl adjacent to an activating group) is 1. The number of carbonyl (C=O) groups excluding carboxylic acids is 1. The van der Waals surface area contributed by atoms with Gasteiger partial charge in [0.05, 0.1) is 6.04 Å². The maximum absolute atomic E-state index is 13.2. The molecule has 1 N–H and O–H groups in total. The lowest BCUT2D eigenvalue weighted by Gasteiger charge is -2.25. The lowest BCUT2D eigenvalue weighted by Crippen LogP contribution is -2.34. The van der Waals surface area contributed by atoms with Gasteiger partial charge in [-0.1, -0.05) is 37.3 Å². The van der Waals surface area contributed by atoms with Crippen LogP contribution in [0.25, 0.3) is 0 Å². The first-order valence-electron chi connectivity index (χ1n) is 8.86. The summed E-state index contributed by atoms with van der Waals surface area (Å²) in [6, 6.07) is 12.2. The molecule has 1 unspecified atom stereocenters. The molecule has 2 rings (SSSR count). The van der Waals surface area contributed by atoms with E-state index in [0.29, 0.717) is 18.5 Å². The van der Waals surface area contributed by atoms with Crippen molar-refractivity contribution in [2.75, 3.05) is 20.6 Å². The van der Waals surface area contributed by atoms with Crippen molar-refractivity contribution in [3.63, 3.8) is 0 Å². The Kier molecular flexibility index (Phi) is 7.27. The molecular weight excluding hydrogens is 334 g/mol. The van der Waals surface area contributed by atoms with Gasteiger partial charge in [-0.3, -0.25) is 4.79 Å². The fourth-order valence-electron chi connectivity index (χ4n) is 2.83. The minimum atomic E-state index is -0.883. The summed E-state index contributed by atoms with van der Waals surface area (Å²) in [6.45, 7) is 2.61. The van der Waals surface area contributed by atoms with Crippen LogP contribution in [0.1, 0.15) is 36.1 Å². The summed E-state index contributed by atoms with van der Waals surface area (Å²) in [5.41, 5.74) is 3.04. The van der Waals surface area contributed by atoms with Crippen molar-refractivity contribution >= 4 is 5.91 Å². The predicted octanol–water partition coefficient (Wildman–Crippen LogP) is 3.88. The molecule has 0 aliphatic rings. The molecule has 1 amide bonds. The average molecular weight is 360 g/mol. The number of halogens is 2. The van der Waals surface area contributed by atoms with Gasteiger partial charge in [0.15, 0.2) is 11.6 Å². The molecular formula is C21H26F2N2O.